The van der Waals surface area contributed by atoms with Crippen molar-refractivity contribution >= 4 is 16.8 Å². The molecule has 5 atom stereocenters. The first-order valence-electron chi connectivity index (χ1n) is 7.12. The van der Waals surface area contributed by atoms with Crippen molar-refractivity contribution in [1.29, 1.82) is 0 Å². The molecule has 0 aliphatic heterocycles. The topological polar surface area (TPSA) is 40.5 Å². The molecular formula is C15H28BrNO2S. The van der Waals surface area contributed by atoms with Gasteiger partial charge < -0.3 is 27.0 Å². The summed E-state index contributed by atoms with van der Waals surface area (Å²) in [6.45, 7) is 6.85. The highest BCUT2D eigenvalue weighted by Crippen LogP contribution is 2.66. The van der Waals surface area contributed by atoms with Crippen LogP contribution in [0, 0.1) is 16.7 Å². The van der Waals surface area contributed by atoms with Gasteiger partial charge in [-0.1, -0.05) is 20.8 Å². The van der Waals surface area contributed by atoms with E-state index < -0.39 is 0 Å². The van der Waals surface area contributed by atoms with Crippen molar-refractivity contribution in [2.75, 3.05) is 26.1 Å². The van der Waals surface area contributed by atoms with Crippen molar-refractivity contribution in [3.63, 3.8) is 0 Å². The van der Waals surface area contributed by atoms with E-state index in [-0.39, 0.29) is 50.7 Å². The van der Waals surface area contributed by atoms with Crippen molar-refractivity contribution in [3.05, 3.63) is 0 Å². The van der Waals surface area contributed by atoms with Crippen molar-refractivity contribution < 1.29 is 26.9 Å². The fraction of sp³-hybridized carbons (Fsp3) is 0.933. The summed E-state index contributed by atoms with van der Waals surface area (Å²) >= 11 is 0. The normalized spacial score (nSPS) is 39.2. The molecule has 2 aliphatic rings. The third-order valence-corrected chi connectivity index (χ3v) is 8.27. The molecule has 1 N–H and O–H groups in total. The van der Waals surface area contributed by atoms with Crippen molar-refractivity contribution in [1.82, 2.24) is 4.90 Å². The fourth-order valence-corrected chi connectivity index (χ4v) is 6.79. The maximum atomic E-state index is 11.9. The van der Waals surface area contributed by atoms with E-state index in [0.29, 0.717) is 16.9 Å². The lowest BCUT2D eigenvalue weighted by Crippen LogP contribution is -3.00. The van der Waals surface area contributed by atoms with E-state index in [2.05, 4.69) is 27.0 Å². The van der Waals surface area contributed by atoms with E-state index in [1.54, 1.807) is 4.90 Å². The van der Waals surface area contributed by atoms with Crippen LogP contribution in [0.5, 0.6) is 0 Å². The summed E-state index contributed by atoms with van der Waals surface area (Å²) in [6, 6.07) is 0. The molecule has 0 aromatic rings. The summed E-state index contributed by atoms with van der Waals surface area (Å²) < 4.78 is 0. The van der Waals surface area contributed by atoms with Gasteiger partial charge in [0.15, 0.2) is 5.75 Å². The molecule has 0 spiro atoms. The first-order valence-corrected chi connectivity index (χ1v) is 8.99. The van der Waals surface area contributed by atoms with Gasteiger partial charge in [0, 0.05) is 25.4 Å². The van der Waals surface area contributed by atoms with Crippen molar-refractivity contribution in [2.24, 2.45) is 16.7 Å². The number of halogens is 1. The Kier molecular flexibility index (Phi) is 5.31. The van der Waals surface area contributed by atoms with Crippen LogP contribution in [0.2, 0.25) is 0 Å². The van der Waals surface area contributed by atoms with Gasteiger partial charge in [0.25, 0.3) is 5.91 Å². The third kappa shape index (κ3) is 2.44. The molecular weight excluding hydrogens is 338 g/mol. The highest BCUT2D eigenvalue weighted by Gasteiger charge is 2.70. The molecule has 0 saturated heterocycles. The molecule has 2 saturated carbocycles. The zero-order valence-electron chi connectivity index (χ0n) is 13.4. The maximum Gasteiger partial charge on any atom is 0.271 e. The van der Waals surface area contributed by atoms with Crippen molar-refractivity contribution in [2.45, 2.75) is 45.0 Å². The first kappa shape index (κ1) is 18.3. The van der Waals surface area contributed by atoms with Gasteiger partial charge in [-0.15, -0.1) is 0 Å². The Morgan fingerprint density at radius 2 is 1.90 bits per heavy atom. The number of fused-ring (bicyclic) bond motifs is 2. The summed E-state index contributed by atoms with van der Waals surface area (Å²) in [7, 11) is 3.58. The van der Waals surface area contributed by atoms with Crippen LogP contribution >= 0.6 is 0 Å². The number of carbonyl (C=O) groups excluding carboxylic acids is 1. The molecule has 0 aromatic carbocycles. The minimum Gasteiger partial charge on any atom is -1.00 e. The largest absolute Gasteiger partial charge is 1.00 e. The Bertz CT molecular complexity index is 388. The van der Waals surface area contributed by atoms with Gasteiger partial charge in [0.05, 0.1) is 6.26 Å². The van der Waals surface area contributed by atoms with Crippen LogP contribution in [0.3, 0.4) is 0 Å². The summed E-state index contributed by atoms with van der Waals surface area (Å²) in [5.74, 6) is 1.33. The smallest absolute Gasteiger partial charge is 0.271 e. The number of hydrogen-bond donors (Lipinski definition) is 1. The highest BCUT2D eigenvalue weighted by atomic mass is 79.9. The Morgan fingerprint density at radius 1 is 1.35 bits per heavy atom. The van der Waals surface area contributed by atoms with E-state index in [1.807, 2.05) is 14.1 Å². The number of aliphatic hydroxyl groups excluding tert-OH is 1. The molecule has 1 amide bonds. The second-order valence-corrected chi connectivity index (χ2v) is 9.53. The predicted octanol–water partition coefficient (Wildman–Crippen LogP) is -1.49. The van der Waals surface area contributed by atoms with Crippen molar-refractivity contribution in [3.8, 4) is 0 Å². The summed E-state index contributed by atoms with van der Waals surface area (Å²) in [4.78, 5) is 13.6. The fourth-order valence-electron chi connectivity index (χ4n) is 4.17. The van der Waals surface area contributed by atoms with Crippen LogP contribution in [0.25, 0.3) is 0 Å². The molecule has 2 aliphatic carbocycles. The lowest BCUT2D eigenvalue weighted by atomic mass is 9.70. The molecule has 2 fully saturated rings. The van der Waals surface area contributed by atoms with Crippen LogP contribution in [0.4, 0.5) is 0 Å². The Hall–Kier alpha value is 0.260. The number of rotatable bonds is 3. The first-order chi connectivity index (χ1) is 8.63. The Morgan fingerprint density at radius 3 is 2.30 bits per heavy atom. The quantitative estimate of drug-likeness (QED) is 0.619. The standard InChI is InChI=1S/C15H28NO2S.BrH/c1-14(2)10-7-8-15(14,3)13(18)12(10)19(6)9-11(17)16(4)5;/h10,12-13,18H,7-9H2,1-6H3;1H/q+1;/p-1/t10-,12-,13-,15+,19?;/m1./s1. The average Bonchev–Trinajstić information content (AvgIpc) is 2.60. The van der Waals surface area contributed by atoms with E-state index in [4.69, 9.17) is 0 Å². The van der Waals surface area contributed by atoms with Gasteiger partial charge in [-0.2, -0.15) is 0 Å². The summed E-state index contributed by atoms with van der Waals surface area (Å²) in [5.41, 5.74) is 0.226. The van der Waals surface area contributed by atoms with E-state index in [0.717, 1.165) is 6.42 Å². The minimum atomic E-state index is -0.246. The number of aliphatic hydroxyl groups is 1. The Labute approximate surface area is 136 Å². The van der Waals surface area contributed by atoms with Crippen LogP contribution < -0.4 is 17.0 Å². The lowest BCUT2D eigenvalue weighted by Gasteiger charge is -2.36. The van der Waals surface area contributed by atoms with Gasteiger partial charge >= 0.3 is 0 Å². The van der Waals surface area contributed by atoms with E-state index >= 15 is 0 Å². The molecule has 118 valence electrons. The number of amides is 1. The van der Waals surface area contributed by atoms with E-state index in [9.17, 15) is 9.90 Å². The maximum absolute atomic E-state index is 11.9. The number of hydrogen-bond acceptors (Lipinski definition) is 2. The zero-order valence-corrected chi connectivity index (χ0v) is 15.8. The van der Waals surface area contributed by atoms with Gasteiger partial charge in [0.2, 0.25) is 0 Å². The number of nitrogens with zero attached hydrogens (tertiary/aromatic N) is 1. The lowest BCUT2D eigenvalue weighted by molar-refractivity contribution is -0.125. The van der Waals surface area contributed by atoms with E-state index in [1.165, 1.54) is 6.42 Å². The second-order valence-electron chi connectivity index (χ2n) is 7.32. The molecule has 0 heterocycles. The van der Waals surface area contributed by atoms with Crippen LogP contribution in [0.1, 0.15) is 33.6 Å². The Balaban J connectivity index is 0.00000200. The molecule has 1 unspecified atom stereocenters. The van der Waals surface area contributed by atoms with Gasteiger partial charge in [-0.25, -0.2) is 0 Å². The second kappa shape index (κ2) is 5.81. The monoisotopic (exact) mass is 365 g/mol. The van der Waals surface area contributed by atoms with Gasteiger partial charge in [-0.3, -0.25) is 4.79 Å². The number of carbonyl (C=O) groups is 1. The molecule has 5 heteroatoms. The molecule has 3 nitrogen and oxygen atoms in total. The molecule has 0 radical (unpaired) electrons. The summed E-state index contributed by atoms with van der Waals surface area (Å²) in [6.07, 6.45) is 4.25. The zero-order chi connectivity index (χ0) is 14.6. The molecule has 2 rings (SSSR count). The average molecular weight is 366 g/mol. The third-order valence-electron chi connectivity index (χ3n) is 6.05. The molecule has 0 aromatic heterocycles. The SMILES string of the molecule is CN(C)C(=O)C[S+](C)[C@@H]1[C@H]2CC[C@@](C)([C@@H]1O)C2(C)C.[Br-]. The van der Waals surface area contributed by atoms with Gasteiger partial charge in [0.1, 0.15) is 11.4 Å². The van der Waals surface area contributed by atoms with Crippen LogP contribution in [-0.2, 0) is 15.7 Å². The van der Waals surface area contributed by atoms with Crippen LogP contribution in [0.15, 0.2) is 0 Å². The van der Waals surface area contributed by atoms with Gasteiger partial charge in [-0.05, 0) is 29.2 Å². The highest BCUT2D eigenvalue weighted by molar-refractivity contribution is 7.97. The van der Waals surface area contributed by atoms with Crippen LogP contribution in [-0.4, -0.2) is 53.4 Å². The molecule has 20 heavy (non-hydrogen) atoms. The minimum absolute atomic E-state index is 0. The predicted molar refractivity (Wildman–Crippen MR) is 81.3 cm³/mol. The molecule has 2 bridgehead atoms. The summed E-state index contributed by atoms with van der Waals surface area (Å²) in [5, 5.41) is 11.1.